The molecule has 0 bridgehead atoms. The molecule has 3 N–H and O–H groups in total. The van der Waals surface area contributed by atoms with Crippen LogP contribution in [0.15, 0.2) is 28.7 Å². The van der Waals surface area contributed by atoms with Crippen LogP contribution in [0.2, 0.25) is 0 Å². The Balaban J connectivity index is 1.79. The minimum Gasteiger partial charge on any atom is -0.365 e. The second kappa shape index (κ2) is 7.70. The minimum absolute atomic E-state index is 0.129. The van der Waals surface area contributed by atoms with E-state index in [-0.39, 0.29) is 12.3 Å². The minimum atomic E-state index is -0.452. The number of carbonyl (C=O) groups is 2. The van der Waals surface area contributed by atoms with Gasteiger partial charge in [0.25, 0.3) is 5.91 Å². The van der Waals surface area contributed by atoms with Crippen LogP contribution >= 0.6 is 27.3 Å². The summed E-state index contributed by atoms with van der Waals surface area (Å²) in [5, 5.41) is 3.52. The Labute approximate surface area is 159 Å². The summed E-state index contributed by atoms with van der Waals surface area (Å²) in [6.45, 7) is 2.19. The number of hydrogen-bond acceptors (Lipinski definition) is 3. The molecule has 1 aliphatic rings. The largest absolute Gasteiger partial charge is 0.365 e. The van der Waals surface area contributed by atoms with Crippen molar-refractivity contribution in [2.75, 3.05) is 5.32 Å². The smallest absolute Gasteiger partial charge is 0.251 e. The summed E-state index contributed by atoms with van der Waals surface area (Å²) in [5.74, 6) is 0.0695. The van der Waals surface area contributed by atoms with E-state index in [1.54, 1.807) is 0 Å². The van der Waals surface area contributed by atoms with Gasteiger partial charge in [-0.1, -0.05) is 41.4 Å². The highest BCUT2D eigenvalue weighted by Gasteiger charge is 2.28. The lowest BCUT2D eigenvalue weighted by atomic mass is 9.85. The van der Waals surface area contributed by atoms with Crippen molar-refractivity contribution < 1.29 is 9.59 Å². The third kappa shape index (κ3) is 4.12. The van der Waals surface area contributed by atoms with Gasteiger partial charge in [0.15, 0.2) is 0 Å². The molecule has 25 heavy (non-hydrogen) atoms. The molecule has 0 saturated heterocycles. The van der Waals surface area contributed by atoms with Crippen molar-refractivity contribution in [3.63, 3.8) is 0 Å². The van der Waals surface area contributed by atoms with E-state index in [2.05, 4.69) is 28.2 Å². The van der Waals surface area contributed by atoms with E-state index in [9.17, 15) is 9.59 Å². The van der Waals surface area contributed by atoms with Crippen LogP contribution < -0.4 is 11.1 Å². The predicted molar refractivity (Wildman–Crippen MR) is 105 cm³/mol. The van der Waals surface area contributed by atoms with E-state index in [0.717, 1.165) is 41.3 Å². The summed E-state index contributed by atoms with van der Waals surface area (Å²) < 4.78 is 0.976. The monoisotopic (exact) mass is 420 g/mol. The van der Waals surface area contributed by atoms with Crippen molar-refractivity contribution in [1.29, 1.82) is 0 Å². The SMILES string of the molecule is CC[C@@H]1CCc2c(sc(NC(=O)Cc3ccc(Br)cc3)c2C(N)=O)C1. The molecule has 1 aromatic carbocycles. The van der Waals surface area contributed by atoms with E-state index in [0.29, 0.717) is 16.5 Å². The summed E-state index contributed by atoms with van der Waals surface area (Å²) in [6, 6.07) is 7.63. The topological polar surface area (TPSA) is 72.2 Å². The molecule has 4 nitrogen and oxygen atoms in total. The number of hydrogen-bond donors (Lipinski definition) is 2. The zero-order valence-electron chi connectivity index (χ0n) is 14.1. The molecule has 0 fully saturated rings. The molecule has 0 unspecified atom stereocenters. The average molecular weight is 421 g/mol. The van der Waals surface area contributed by atoms with Gasteiger partial charge >= 0.3 is 0 Å². The van der Waals surface area contributed by atoms with Crippen LogP contribution in [0.4, 0.5) is 5.00 Å². The molecule has 0 saturated carbocycles. The lowest BCUT2D eigenvalue weighted by Crippen LogP contribution is -2.20. The molecule has 3 rings (SSSR count). The van der Waals surface area contributed by atoms with Gasteiger partial charge in [-0.25, -0.2) is 0 Å². The third-order valence-electron chi connectivity index (χ3n) is 4.72. The highest BCUT2D eigenvalue weighted by molar-refractivity contribution is 9.10. The van der Waals surface area contributed by atoms with E-state index < -0.39 is 5.91 Å². The summed E-state index contributed by atoms with van der Waals surface area (Å²) in [6.07, 6.45) is 4.32. The number of carbonyl (C=O) groups excluding carboxylic acids is 2. The number of rotatable bonds is 5. The molecule has 2 amide bonds. The van der Waals surface area contributed by atoms with Gasteiger partial charge < -0.3 is 11.1 Å². The van der Waals surface area contributed by atoms with Crippen molar-refractivity contribution in [2.24, 2.45) is 11.7 Å². The fraction of sp³-hybridized carbons (Fsp3) is 0.368. The Kier molecular flexibility index (Phi) is 5.59. The third-order valence-corrected chi connectivity index (χ3v) is 6.42. The van der Waals surface area contributed by atoms with Crippen LogP contribution in [0, 0.1) is 5.92 Å². The van der Waals surface area contributed by atoms with E-state index in [4.69, 9.17) is 5.73 Å². The van der Waals surface area contributed by atoms with Crippen LogP contribution in [-0.2, 0) is 24.1 Å². The molecule has 0 aliphatic heterocycles. The Morgan fingerprint density at radius 2 is 2.04 bits per heavy atom. The Hall–Kier alpha value is -1.66. The van der Waals surface area contributed by atoms with Gasteiger partial charge in [0.2, 0.25) is 5.91 Å². The van der Waals surface area contributed by atoms with Gasteiger partial charge in [0, 0.05) is 9.35 Å². The standard InChI is InChI=1S/C19H21BrN2O2S/c1-2-11-5-8-14-15(9-11)25-19(17(14)18(21)24)22-16(23)10-12-3-6-13(20)7-4-12/h3-4,6-7,11H,2,5,8-10H2,1H3,(H2,21,24)(H,22,23)/t11-/m1/s1. The molecule has 0 spiro atoms. The van der Waals surface area contributed by atoms with Crippen LogP contribution in [0.1, 0.15) is 46.1 Å². The van der Waals surface area contributed by atoms with Crippen molar-refractivity contribution >= 4 is 44.1 Å². The Morgan fingerprint density at radius 1 is 1.32 bits per heavy atom. The number of halogens is 1. The quantitative estimate of drug-likeness (QED) is 0.756. The molecule has 1 heterocycles. The van der Waals surface area contributed by atoms with Crippen molar-refractivity contribution in [3.05, 3.63) is 50.3 Å². The van der Waals surface area contributed by atoms with Gasteiger partial charge in [-0.05, 0) is 48.4 Å². The zero-order valence-corrected chi connectivity index (χ0v) is 16.5. The number of fused-ring (bicyclic) bond motifs is 1. The van der Waals surface area contributed by atoms with Gasteiger partial charge in [-0.2, -0.15) is 0 Å². The highest BCUT2D eigenvalue weighted by Crippen LogP contribution is 2.40. The lowest BCUT2D eigenvalue weighted by Gasteiger charge is -2.20. The second-order valence-corrected chi connectivity index (χ2v) is 8.46. The first kappa shape index (κ1) is 18.1. The molecule has 1 aromatic heterocycles. The number of thiophene rings is 1. The van der Waals surface area contributed by atoms with Gasteiger partial charge in [0.05, 0.1) is 12.0 Å². The normalized spacial score (nSPS) is 16.3. The number of nitrogens with one attached hydrogen (secondary N) is 1. The van der Waals surface area contributed by atoms with E-state index in [1.807, 2.05) is 24.3 Å². The van der Waals surface area contributed by atoms with Crippen molar-refractivity contribution in [2.45, 2.75) is 39.0 Å². The molecular formula is C19H21BrN2O2S. The number of primary amides is 1. The first-order valence-corrected chi connectivity index (χ1v) is 10.1. The van der Waals surface area contributed by atoms with Crippen LogP contribution in [-0.4, -0.2) is 11.8 Å². The summed E-state index contributed by atoms with van der Waals surface area (Å²) >= 11 is 4.89. The summed E-state index contributed by atoms with van der Waals surface area (Å²) in [5.41, 5.74) is 8.09. The fourth-order valence-corrected chi connectivity index (χ4v) is 4.96. The predicted octanol–water partition coefficient (Wildman–Crippen LogP) is 4.31. The lowest BCUT2D eigenvalue weighted by molar-refractivity contribution is -0.115. The summed E-state index contributed by atoms with van der Waals surface area (Å²) in [7, 11) is 0. The Morgan fingerprint density at radius 3 is 2.68 bits per heavy atom. The van der Waals surface area contributed by atoms with Gasteiger partial charge in [-0.15, -0.1) is 11.3 Å². The van der Waals surface area contributed by atoms with Crippen LogP contribution in [0.5, 0.6) is 0 Å². The van der Waals surface area contributed by atoms with Gasteiger partial charge in [-0.3, -0.25) is 9.59 Å². The maximum absolute atomic E-state index is 12.4. The molecular weight excluding hydrogens is 400 g/mol. The maximum atomic E-state index is 12.4. The second-order valence-electron chi connectivity index (χ2n) is 6.44. The van der Waals surface area contributed by atoms with Gasteiger partial charge in [0.1, 0.15) is 5.00 Å². The van der Waals surface area contributed by atoms with Crippen molar-refractivity contribution in [1.82, 2.24) is 0 Å². The van der Waals surface area contributed by atoms with Crippen molar-refractivity contribution in [3.8, 4) is 0 Å². The average Bonchev–Trinajstić information content (AvgIpc) is 2.93. The molecule has 6 heteroatoms. The molecule has 132 valence electrons. The zero-order chi connectivity index (χ0) is 18.0. The molecule has 1 aliphatic carbocycles. The molecule has 0 radical (unpaired) electrons. The highest BCUT2D eigenvalue weighted by atomic mass is 79.9. The number of anilines is 1. The maximum Gasteiger partial charge on any atom is 0.251 e. The fourth-order valence-electron chi connectivity index (χ4n) is 3.31. The first-order valence-electron chi connectivity index (χ1n) is 8.46. The molecule has 1 atom stereocenters. The molecule has 2 aromatic rings. The van der Waals surface area contributed by atoms with Crippen LogP contribution in [0.25, 0.3) is 0 Å². The van der Waals surface area contributed by atoms with E-state index >= 15 is 0 Å². The Bertz CT molecular complexity index is 799. The number of benzene rings is 1. The summed E-state index contributed by atoms with van der Waals surface area (Å²) in [4.78, 5) is 25.6. The number of amides is 2. The van der Waals surface area contributed by atoms with E-state index in [1.165, 1.54) is 16.2 Å². The van der Waals surface area contributed by atoms with Crippen LogP contribution in [0.3, 0.4) is 0 Å². The number of nitrogens with two attached hydrogens (primary N) is 1. The first-order chi connectivity index (χ1) is 12.0.